The van der Waals surface area contributed by atoms with Crippen molar-refractivity contribution in [2.45, 2.75) is 226 Å². The first kappa shape index (κ1) is 50.9. The van der Waals surface area contributed by atoms with Crippen LogP contribution in [0.25, 0.3) is 0 Å². The van der Waals surface area contributed by atoms with E-state index < -0.39 is 18.1 Å². The van der Waals surface area contributed by atoms with Crippen LogP contribution in [0, 0.1) is 0 Å². The number of Topliss-reactive ketones (excluding diaryl/α,β-unsaturated/α-hetero) is 3. The van der Waals surface area contributed by atoms with Crippen LogP contribution < -0.4 is 21.3 Å². The van der Waals surface area contributed by atoms with Gasteiger partial charge in [0.15, 0.2) is 11.6 Å². The maximum atomic E-state index is 12.9. The maximum Gasteiger partial charge on any atom is 0.242 e. The largest absolute Gasteiger partial charge is 0.354 e. The highest BCUT2D eigenvalue weighted by Gasteiger charge is 2.23. The number of unbranched alkanes of at least 4 members (excludes halogenated alkanes) is 17. The first-order valence-corrected chi connectivity index (χ1v) is 21.6. The van der Waals surface area contributed by atoms with Gasteiger partial charge in [-0.1, -0.05) is 117 Å². The van der Waals surface area contributed by atoms with E-state index in [0.29, 0.717) is 38.6 Å². The molecule has 0 heterocycles. The molecule has 0 aliphatic heterocycles. The fourth-order valence-electron chi connectivity index (χ4n) is 6.45. The van der Waals surface area contributed by atoms with Crippen LogP contribution in [0.3, 0.4) is 0 Å². The Labute approximate surface area is 327 Å². The Bertz CT molecular complexity index is 1080. The quantitative estimate of drug-likeness (QED) is 0.0467. The van der Waals surface area contributed by atoms with Crippen molar-refractivity contribution in [3.63, 3.8) is 0 Å². The van der Waals surface area contributed by atoms with Gasteiger partial charge in [-0.05, 0) is 65.7 Å². The van der Waals surface area contributed by atoms with Gasteiger partial charge in [-0.25, -0.2) is 0 Å². The van der Waals surface area contributed by atoms with Crippen LogP contribution in [0.2, 0.25) is 0 Å². The zero-order valence-electron chi connectivity index (χ0n) is 34.9. The van der Waals surface area contributed by atoms with Crippen molar-refractivity contribution in [3.8, 4) is 0 Å². The molecule has 11 heteroatoms. The average molecular weight is 763 g/mol. The second-order valence-electron chi connectivity index (χ2n) is 15.3. The smallest absolute Gasteiger partial charge is 0.242 e. The molecule has 0 radical (unpaired) electrons. The molecule has 0 aliphatic rings. The van der Waals surface area contributed by atoms with Crippen molar-refractivity contribution in [3.05, 3.63) is 0 Å². The first-order valence-electron chi connectivity index (χ1n) is 21.6. The number of rotatable bonds is 37. The molecule has 0 saturated heterocycles. The van der Waals surface area contributed by atoms with Crippen LogP contribution >= 0.6 is 0 Å². The van der Waals surface area contributed by atoms with Gasteiger partial charge in [0.2, 0.25) is 23.6 Å². The summed E-state index contributed by atoms with van der Waals surface area (Å²) in [6.07, 6.45) is 23.4. The van der Waals surface area contributed by atoms with Crippen LogP contribution in [0.5, 0.6) is 0 Å². The summed E-state index contributed by atoms with van der Waals surface area (Å²) in [6, 6.07) is -2.24. The lowest BCUT2D eigenvalue weighted by atomic mass is 10.0. The lowest BCUT2D eigenvalue weighted by Crippen LogP contribution is -2.47. The van der Waals surface area contributed by atoms with E-state index in [-0.39, 0.29) is 66.7 Å². The minimum atomic E-state index is -0.789. The van der Waals surface area contributed by atoms with Gasteiger partial charge in [-0.3, -0.25) is 28.8 Å². The molecular formula is C43H78N4O7. The van der Waals surface area contributed by atoms with Crippen molar-refractivity contribution < 1.29 is 33.6 Å². The zero-order chi connectivity index (χ0) is 40.4. The molecule has 0 fully saturated rings. The highest BCUT2D eigenvalue weighted by molar-refractivity contribution is 5.90. The molecule has 0 saturated carbocycles. The monoisotopic (exact) mass is 763 g/mol. The lowest BCUT2D eigenvalue weighted by molar-refractivity contribution is -0.129. The van der Waals surface area contributed by atoms with Crippen molar-refractivity contribution in [1.82, 2.24) is 21.3 Å². The van der Waals surface area contributed by atoms with Crippen molar-refractivity contribution in [1.29, 1.82) is 0 Å². The van der Waals surface area contributed by atoms with E-state index in [1.165, 1.54) is 97.8 Å². The number of amides is 4. The molecule has 0 aliphatic carbocycles. The predicted octanol–water partition coefficient (Wildman–Crippen LogP) is 7.90. The SMILES string of the molecule is CCCCCCCCCCCC(=O)NC(CCC(=O)NC(CCCCNC(=O)C(CCC(C)=O)NC(=O)CCCCCCCCCCC)C(C)=O)C(C)=O. The lowest BCUT2D eigenvalue weighted by Gasteiger charge is -2.19. The van der Waals surface area contributed by atoms with E-state index in [4.69, 9.17) is 0 Å². The molecule has 0 spiro atoms. The molecule has 312 valence electrons. The Morgan fingerprint density at radius 3 is 1.19 bits per heavy atom. The topological polar surface area (TPSA) is 168 Å². The Morgan fingerprint density at radius 1 is 0.389 bits per heavy atom. The van der Waals surface area contributed by atoms with Crippen molar-refractivity contribution in [2.75, 3.05) is 6.54 Å². The van der Waals surface area contributed by atoms with E-state index in [2.05, 4.69) is 35.1 Å². The van der Waals surface area contributed by atoms with E-state index in [0.717, 1.165) is 38.5 Å². The van der Waals surface area contributed by atoms with Gasteiger partial charge in [0.25, 0.3) is 0 Å². The molecular weight excluding hydrogens is 684 g/mol. The Morgan fingerprint density at radius 2 is 0.759 bits per heavy atom. The number of ketones is 3. The van der Waals surface area contributed by atoms with E-state index in [1.807, 2.05) is 0 Å². The molecule has 3 unspecified atom stereocenters. The van der Waals surface area contributed by atoms with Crippen LogP contribution in [0.15, 0.2) is 0 Å². The van der Waals surface area contributed by atoms with Gasteiger partial charge in [0, 0.05) is 32.2 Å². The zero-order valence-corrected chi connectivity index (χ0v) is 34.9. The summed E-state index contributed by atoms with van der Waals surface area (Å²) in [6.45, 7) is 9.01. The summed E-state index contributed by atoms with van der Waals surface area (Å²) >= 11 is 0. The van der Waals surface area contributed by atoms with Crippen LogP contribution in [0.1, 0.15) is 208 Å². The number of hydrogen-bond donors (Lipinski definition) is 4. The van der Waals surface area contributed by atoms with Crippen LogP contribution in [-0.2, 0) is 33.6 Å². The molecule has 3 atom stereocenters. The summed E-state index contributed by atoms with van der Waals surface area (Å²) in [5, 5.41) is 11.2. The Hall–Kier alpha value is -3.11. The van der Waals surface area contributed by atoms with Crippen LogP contribution in [-0.4, -0.2) is 65.6 Å². The third kappa shape index (κ3) is 30.2. The standard InChI is InChI=1S/C43H78N4O7/c1-6-8-10-12-14-16-18-20-22-27-40(51)46-38(36(5)50)31-32-42(53)45-37(35(4)49)26-24-25-33-44-43(54)39(30-29-34(3)48)47-41(52)28-23-21-19-17-15-13-11-9-7-2/h37-39H,6-33H2,1-5H3,(H,44,54)(H,45,53)(H,46,51)(H,47,52). The predicted molar refractivity (Wildman–Crippen MR) is 217 cm³/mol. The fraction of sp³-hybridized carbons (Fsp3) is 0.837. The third-order valence-electron chi connectivity index (χ3n) is 9.98. The number of carbonyl (C=O) groups excluding carboxylic acids is 7. The molecule has 0 aromatic rings. The number of carbonyl (C=O) groups is 7. The highest BCUT2D eigenvalue weighted by Crippen LogP contribution is 2.13. The van der Waals surface area contributed by atoms with E-state index in [9.17, 15) is 33.6 Å². The van der Waals surface area contributed by atoms with Crippen molar-refractivity contribution in [2.24, 2.45) is 0 Å². The molecule has 54 heavy (non-hydrogen) atoms. The van der Waals surface area contributed by atoms with E-state index >= 15 is 0 Å². The van der Waals surface area contributed by atoms with Gasteiger partial charge in [0.1, 0.15) is 11.8 Å². The molecule has 0 rings (SSSR count). The normalized spacial score (nSPS) is 12.7. The summed E-state index contributed by atoms with van der Waals surface area (Å²) in [5.74, 6) is -1.53. The van der Waals surface area contributed by atoms with Crippen molar-refractivity contribution >= 4 is 41.0 Å². The molecule has 0 aromatic carbocycles. The van der Waals surface area contributed by atoms with Gasteiger partial charge in [0.05, 0.1) is 12.1 Å². The molecule has 11 nitrogen and oxygen atoms in total. The second-order valence-corrected chi connectivity index (χ2v) is 15.3. The fourth-order valence-corrected chi connectivity index (χ4v) is 6.45. The third-order valence-corrected chi connectivity index (χ3v) is 9.98. The molecule has 0 bridgehead atoms. The maximum absolute atomic E-state index is 12.9. The van der Waals surface area contributed by atoms with Gasteiger partial charge < -0.3 is 26.1 Å². The minimum absolute atomic E-state index is 0.00507. The summed E-state index contributed by atoms with van der Waals surface area (Å²) in [4.78, 5) is 86.8. The summed E-state index contributed by atoms with van der Waals surface area (Å²) < 4.78 is 0. The summed E-state index contributed by atoms with van der Waals surface area (Å²) in [7, 11) is 0. The van der Waals surface area contributed by atoms with Gasteiger partial charge >= 0.3 is 0 Å². The molecule has 4 N–H and O–H groups in total. The Balaban J connectivity index is 4.53. The molecule has 0 aromatic heterocycles. The van der Waals surface area contributed by atoms with Gasteiger partial charge in [-0.2, -0.15) is 0 Å². The van der Waals surface area contributed by atoms with E-state index in [1.54, 1.807) is 0 Å². The highest BCUT2D eigenvalue weighted by atomic mass is 16.2. The molecule has 4 amide bonds. The Kier molecular flexibility index (Phi) is 32.4. The minimum Gasteiger partial charge on any atom is -0.354 e. The average Bonchev–Trinajstić information content (AvgIpc) is 3.12. The van der Waals surface area contributed by atoms with Crippen LogP contribution in [0.4, 0.5) is 0 Å². The number of hydrogen-bond acceptors (Lipinski definition) is 7. The second kappa shape index (κ2) is 34.4. The first-order chi connectivity index (χ1) is 25.9. The number of nitrogens with one attached hydrogen (secondary N) is 4. The van der Waals surface area contributed by atoms with Gasteiger partial charge in [-0.15, -0.1) is 0 Å². The summed E-state index contributed by atoms with van der Waals surface area (Å²) in [5.41, 5.74) is 0.